The van der Waals surface area contributed by atoms with E-state index in [-0.39, 0.29) is 6.10 Å². The SMILES string of the molecule is C=C(CCCC)C(O)CCC. The number of aliphatic hydroxyl groups excluding tert-OH is 1. The Hall–Kier alpha value is -0.300. The van der Waals surface area contributed by atoms with E-state index in [1.165, 1.54) is 6.42 Å². The van der Waals surface area contributed by atoms with Crippen LogP contribution in [0.2, 0.25) is 0 Å². The number of hydrogen-bond acceptors (Lipinski definition) is 1. The van der Waals surface area contributed by atoms with Gasteiger partial charge in [-0.3, -0.25) is 0 Å². The normalized spacial score (nSPS) is 13.0. The van der Waals surface area contributed by atoms with E-state index in [0.717, 1.165) is 31.3 Å². The average Bonchev–Trinajstić information content (AvgIpc) is 2.00. The minimum atomic E-state index is -0.258. The molecule has 1 nitrogen and oxygen atoms in total. The fourth-order valence-electron chi connectivity index (χ4n) is 1.05. The van der Waals surface area contributed by atoms with Crippen molar-refractivity contribution in [3.63, 3.8) is 0 Å². The fourth-order valence-corrected chi connectivity index (χ4v) is 1.05. The molecular weight excluding hydrogens is 136 g/mol. The summed E-state index contributed by atoms with van der Waals surface area (Å²) >= 11 is 0. The van der Waals surface area contributed by atoms with Gasteiger partial charge in [-0.05, 0) is 24.8 Å². The lowest BCUT2D eigenvalue weighted by Crippen LogP contribution is -2.08. The molecule has 0 bridgehead atoms. The van der Waals surface area contributed by atoms with Crippen LogP contribution in [0.25, 0.3) is 0 Å². The lowest BCUT2D eigenvalue weighted by Gasteiger charge is -2.11. The summed E-state index contributed by atoms with van der Waals surface area (Å²) in [4.78, 5) is 0. The largest absolute Gasteiger partial charge is 0.389 e. The molecule has 0 amide bonds. The zero-order chi connectivity index (χ0) is 8.69. The van der Waals surface area contributed by atoms with Crippen molar-refractivity contribution in [3.8, 4) is 0 Å². The molecule has 0 rings (SSSR count). The van der Waals surface area contributed by atoms with Crippen molar-refractivity contribution < 1.29 is 5.11 Å². The van der Waals surface area contributed by atoms with Crippen LogP contribution in [0.3, 0.4) is 0 Å². The zero-order valence-electron chi connectivity index (χ0n) is 7.77. The molecule has 0 aromatic carbocycles. The molecule has 0 radical (unpaired) electrons. The molecule has 0 aromatic heterocycles. The van der Waals surface area contributed by atoms with Crippen molar-refractivity contribution in [3.05, 3.63) is 12.2 Å². The van der Waals surface area contributed by atoms with Gasteiger partial charge in [0.25, 0.3) is 0 Å². The number of unbranched alkanes of at least 4 members (excludes halogenated alkanes) is 1. The topological polar surface area (TPSA) is 20.2 Å². The third-order valence-corrected chi connectivity index (χ3v) is 1.88. The highest BCUT2D eigenvalue weighted by molar-refractivity contribution is 5.00. The molecular formula is C10H20O. The first-order chi connectivity index (χ1) is 5.22. The Bertz CT molecular complexity index is 107. The van der Waals surface area contributed by atoms with Crippen LogP contribution in [0.4, 0.5) is 0 Å². The van der Waals surface area contributed by atoms with Crippen molar-refractivity contribution in [1.29, 1.82) is 0 Å². The van der Waals surface area contributed by atoms with Gasteiger partial charge in [0.05, 0.1) is 6.10 Å². The Labute approximate surface area is 70.1 Å². The molecule has 0 spiro atoms. The van der Waals surface area contributed by atoms with Crippen LogP contribution in [-0.2, 0) is 0 Å². The summed E-state index contributed by atoms with van der Waals surface area (Å²) in [7, 11) is 0. The highest BCUT2D eigenvalue weighted by Gasteiger charge is 2.05. The van der Waals surface area contributed by atoms with Crippen molar-refractivity contribution in [2.75, 3.05) is 0 Å². The van der Waals surface area contributed by atoms with Crippen molar-refractivity contribution in [2.24, 2.45) is 0 Å². The van der Waals surface area contributed by atoms with Gasteiger partial charge in [-0.25, -0.2) is 0 Å². The van der Waals surface area contributed by atoms with Gasteiger partial charge in [-0.2, -0.15) is 0 Å². The predicted molar refractivity (Wildman–Crippen MR) is 49.6 cm³/mol. The Morgan fingerprint density at radius 1 is 1.36 bits per heavy atom. The van der Waals surface area contributed by atoms with Crippen LogP contribution < -0.4 is 0 Å². The average molecular weight is 156 g/mol. The van der Waals surface area contributed by atoms with E-state index in [1.54, 1.807) is 0 Å². The van der Waals surface area contributed by atoms with Gasteiger partial charge in [0, 0.05) is 0 Å². The lowest BCUT2D eigenvalue weighted by molar-refractivity contribution is 0.195. The molecule has 11 heavy (non-hydrogen) atoms. The van der Waals surface area contributed by atoms with E-state index < -0.39 is 0 Å². The fraction of sp³-hybridized carbons (Fsp3) is 0.800. The van der Waals surface area contributed by atoms with E-state index in [0.29, 0.717) is 0 Å². The Morgan fingerprint density at radius 2 is 2.00 bits per heavy atom. The second kappa shape index (κ2) is 6.41. The lowest BCUT2D eigenvalue weighted by atomic mass is 10.0. The van der Waals surface area contributed by atoms with Gasteiger partial charge >= 0.3 is 0 Å². The van der Waals surface area contributed by atoms with E-state index in [4.69, 9.17) is 0 Å². The van der Waals surface area contributed by atoms with Crippen LogP contribution >= 0.6 is 0 Å². The van der Waals surface area contributed by atoms with Crippen LogP contribution in [0.1, 0.15) is 46.0 Å². The minimum absolute atomic E-state index is 0.258. The molecule has 1 atom stereocenters. The van der Waals surface area contributed by atoms with Gasteiger partial charge in [0.15, 0.2) is 0 Å². The maximum atomic E-state index is 9.44. The van der Waals surface area contributed by atoms with E-state index >= 15 is 0 Å². The van der Waals surface area contributed by atoms with Gasteiger partial charge in [-0.1, -0.05) is 33.3 Å². The maximum absolute atomic E-state index is 9.44. The van der Waals surface area contributed by atoms with Gasteiger partial charge < -0.3 is 5.11 Å². The van der Waals surface area contributed by atoms with Crippen molar-refractivity contribution in [2.45, 2.75) is 52.1 Å². The monoisotopic (exact) mass is 156 g/mol. The van der Waals surface area contributed by atoms with Gasteiger partial charge in [-0.15, -0.1) is 0 Å². The second-order valence-corrected chi connectivity index (χ2v) is 3.07. The number of rotatable bonds is 6. The van der Waals surface area contributed by atoms with Crippen LogP contribution in [0.15, 0.2) is 12.2 Å². The highest BCUT2D eigenvalue weighted by Crippen LogP contribution is 2.13. The molecule has 0 aliphatic heterocycles. The smallest absolute Gasteiger partial charge is 0.0747 e. The van der Waals surface area contributed by atoms with E-state index in [2.05, 4.69) is 20.4 Å². The molecule has 1 N–H and O–H groups in total. The second-order valence-electron chi connectivity index (χ2n) is 3.07. The summed E-state index contributed by atoms with van der Waals surface area (Å²) in [6.07, 6.45) is 4.95. The van der Waals surface area contributed by atoms with Gasteiger partial charge in [0.2, 0.25) is 0 Å². The molecule has 1 heteroatoms. The highest BCUT2D eigenvalue weighted by atomic mass is 16.3. The minimum Gasteiger partial charge on any atom is -0.389 e. The van der Waals surface area contributed by atoms with Crippen LogP contribution in [-0.4, -0.2) is 11.2 Å². The maximum Gasteiger partial charge on any atom is 0.0747 e. The predicted octanol–water partition coefficient (Wildman–Crippen LogP) is 2.89. The third-order valence-electron chi connectivity index (χ3n) is 1.88. The van der Waals surface area contributed by atoms with E-state index in [9.17, 15) is 5.11 Å². The quantitative estimate of drug-likeness (QED) is 0.586. The Kier molecular flexibility index (Phi) is 6.24. The summed E-state index contributed by atoms with van der Waals surface area (Å²) in [6.45, 7) is 8.09. The first kappa shape index (κ1) is 10.7. The molecule has 0 saturated heterocycles. The molecule has 0 saturated carbocycles. The summed E-state index contributed by atoms with van der Waals surface area (Å²) < 4.78 is 0. The van der Waals surface area contributed by atoms with Gasteiger partial charge in [0.1, 0.15) is 0 Å². The first-order valence-electron chi connectivity index (χ1n) is 4.58. The zero-order valence-corrected chi connectivity index (χ0v) is 7.77. The third kappa shape index (κ3) is 5.02. The molecule has 0 fully saturated rings. The molecule has 0 aliphatic carbocycles. The molecule has 0 aromatic rings. The molecule has 1 unspecified atom stereocenters. The molecule has 0 heterocycles. The van der Waals surface area contributed by atoms with E-state index in [1.807, 2.05) is 0 Å². The summed E-state index contributed by atoms with van der Waals surface area (Å²) in [5.41, 5.74) is 1.01. The Balaban J connectivity index is 3.47. The standard InChI is InChI=1S/C10H20O/c1-4-6-8-9(3)10(11)7-5-2/h10-11H,3-8H2,1-2H3. The first-order valence-corrected chi connectivity index (χ1v) is 4.58. The molecule has 0 aliphatic rings. The number of hydrogen-bond donors (Lipinski definition) is 1. The molecule has 66 valence electrons. The van der Waals surface area contributed by atoms with Crippen molar-refractivity contribution >= 4 is 0 Å². The summed E-state index contributed by atoms with van der Waals surface area (Å²) in [5, 5.41) is 9.44. The Morgan fingerprint density at radius 3 is 2.45 bits per heavy atom. The van der Waals surface area contributed by atoms with Crippen LogP contribution in [0, 0.1) is 0 Å². The summed E-state index contributed by atoms with van der Waals surface area (Å²) in [6, 6.07) is 0. The number of aliphatic hydroxyl groups is 1. The van der Waals surface area contributed by atoms with Crippen LogP contribution in [0.5, 0.6) is 0 Å². The van der Waals surface area contributed by atoms with Crippen molar-refractivity contribution in [1.82, 2.24) is 0 Å². The summed E-state index contributed by atoms with van der Waals surface area (Å²) in [5.74, 6) is 0.